The van der Waals surface area contributed by atoms with Gasteiger partial charge in [-0.1, -0.05) is 30.3 Å². The number of nitrogens with zero attached hydrogens (tertiary/aromatic N) is 2. The van der Waals surface area contributed by atoms with Crippen LogP contribution in [0.5, 0.6) is 0 Å². The van der Waals surface area contributed by atoms with Crippen LogP contribution < -0.4 is 9.47 Å². The summed E-state index contributed by atoms with van der Waals surface area (Å²) >= 11 is 0. The van der Waals surface area contributed by atoms with Gasteiger partial charge in [0.1, 0.15) is 6.54 Å². The van der Waals surface area contributed by atoms with Crippen molar-refractivity contribution in [1.29, 1.82) is 0 Å². The first-order chi connectivity index (χ1) is 13.4. The maximum absolute atomic E-state index is 9.45. The highest BCUT2D eigenvalue weighted by molar-refractivity contribution is 7.80. The Morgan fingerprint density at radius 1 is 1.11 bits per heavy atom. The molecule has 0 N–H and O–H groups in total. The molecule has 2 aromatic carbocycles. The number of hydrogen-bond acceptors (Lipinski definition) is 6. The summed E-state index contributed by atoms with van der Waals surface area (Å²) in [7, 11) is -2.39. The van der Waals surface area contributed by atoms with Crippen LogP contribution in [0.2, 0.25) is 0 Å². The monoisotopic (exact) mass is 404 g/mol. The van der Waals surface area contributed by atoms with E-state index in [-0.39, 0.29) is 6.61 Å². The van der Waals surface area contributed by atoms with E-state index in [2.05, 4.69) is 38.8 Å². The Morgan fingerprint density at radius 3 is 2.32 bits per heavy atom. The maximum Gasteiger partial charge on any atom is 0.375 e. The van der Waals surface area contributed by atoms with Crippen LogP contribution in [0, 0.1) is 0 Å². The van der Waals surface area contributed by atoms with Crippen LogP contribution in [0.15, 0.2) is 65.2 Å². The molecule has 7 nitrogen and oxygen atoms in total. The Bertz CT molecular complexity index is 1010. The Labute approximate surface area is 165 Å². The molecule has 0 atom stereocenters. The van der Waals surface area contributed by atoms with Gasteiger partial charge in [-0.05, 0) is 32.0 Å². The molecule has 8 heteroatoms. The molecule has 0 unspecified atom stereocenters. The zero-order chi connectivity index (χ0) is 20.6. The van der Waals surface area contributed by atoms with Gasteiger partial charge in [-0.15, -0.1) is 0 Å². The highest BCUT2D eigenvalue weighted by atomic mass is 32.3. The van der Waals surface area contributed by atoms with Crippen LogP contribution in [-0.2, 0) is 21.1 Å². The van der Waals surface area contributed by atoms with Gasteiger partial charge in [0.15, 0.2) is 0 Å². The molecule has 0 aliphatic carbocycles. The second-order valence-corrected chi connectivity index (χ2v) is 6.78. The van der Waals surface area contributed by atoms with Gasteiger partial charge in [0.25, 0.3) is 5.52 Å². The van der Waals surface area contributed by atoms with E-state index in [9.17, 15) is 13.0 Å². The van der Waals surface area contributed by atoms with Gasteiger partial charge in [0.2, 0.25) is 16.0 Å². The van der Waals surface area contributed by atoms with Gasteiger partial charge < -0.3 is 13.9 Å². The van der Waals surface area contributed by atoms with Crippen molar-refractivity contribution in [3.05, 3.63) is 66.7 Å². The van der Waals surface area contributed by atoms with Crippen molar-refractivity contribution in [2.24, 2.45) is 0 Å². The standard InChI is InChI=1S/C18H19N2O.C2H6O4S/c1-3-20-16-11-7-8-12-17(16)21-18(20)13-14-19(2)15-9-5-4-6-10-15;1-2-6-7(3,4)5/h4-14H,3H2,1-2H3;2H2,1H3,(H,3,4,5)/q+1;/p-1. The molecule has 3 aromatic rings. The summed E-state index contributed by atoms with van der Waals surface area (Å²) in [6.07, 6.45) is 4.04. The molecule has 1 heterocycles. The first-order valence-corrected chi connectivity index (χ1v) is 10.2. The molecule has 0 amide bonds. The summed E-state index contributed by atoms with van der Waals surface area (Å²) in [4.78, 5) is 2.08. The van der Waals surface area contributed by atoms with Crippen molar-refractivity contribution in [3.8, 4) is 0 Å². The number of hydrogen-bond donors (Lipinski definition) is 0. The Balaban J connectivity index is 0.000000345. The normalized spacial score (nSPS) is 11.4. The molecular weight excluding hydrogens is 380 g/mol. The van der Waals surface area contributed by atoms with Gasteiger partial charge in [0, 0.05) is 25.0 Å². The number of anilines is 1. The summed E-state index contributed by atoms with van der Waals surface area (Å²) in [5.41, 5.74) is 3.19. The zero-order valence-corrected chi connectivity index (χ0v) is 16.9. The Kier molecular flexibility index (Phi) is 7.74. The summed E-state index contributed by atoms with van der Waals surface area (Å²) in [5.74, 6) is 0.862. The van der Waals surface area contributed by atoms with Gasteiger partial charge in [0.05, 0.1) is 12.7 Å². The highest BCUT2D eigenvalue weighted by Gasteiger charge is 2.18. The molecule has 150 valence electrons. The third-order valence-electron chi connectivity index (χ3n) is 3.82. The lowest BCUT2D eigenvalue weighted by atomic mass is 10.3. The van der Waals surface area contributed by atoms with E-state index in [1.807, 2.05) is 55.7 Å². The second kappa shape index (κ2) is 10.0. The molecule has 0 fully saturated rings. The number of benzene rings is 2. The number of aryl methyl sites for hydroxylation is 1. The molecule has 0 aliphatic heterocycles. The first kappa shape index (κ1) is 21.6. The largest absolute Gasteiger partial charge is 0.726 e. The predicted octanol–water partition coefficient (Wildman–Crippen LogP) is 3.33. The fourth-order valence-electron chi connectivity index (χ4n) is 2.57. The molecule has 0 bridgehead atoms. The summed E-state index contributed by atoms with van der Waals surface area (Å²) in [6.45, 7) is 4.34. The summed E-state index contributed by atoms with van der Waals surface area (Å²) in [5, 5.41) is 0. The van der Waals surface area contributed by atoms with Gasteiger partial charge in [-0.3, -0.25) is 4.18 Å². The van der Waals surface area contributed by atoms with E-state index >= 15 is 0 Å². The summed E-state index contributed by atoms with van der Waals surface area (Å²) in [6, 6.07) is 18.4. The van der Waals surface area contributed by atoms with Crippen LogP contribution >= 0.6 is 0 Å². The molecule has 1 aromatic heterocycles. The van der Waals surface area contributed by atoms with Crippen molar-refractivity contribution in [1.82, 2.24) is 0 Å². The second-order valence-electron chi connectivity index (χ2n) is 5.73. The van der Waals surface area contributed by atoms with Crippen molar-refractivity contribution < 1.29 is 26.1 Å². The minimum Gasteiger partial charge on any atom is -0.726 e. The average Bonchev–Trinajstić information content (AvgIpc) is 3.04. The molecule has 0 saturated heterocycles. The quantitative estimate of drug-likeness (QED) is 0.356. The van der Waals surface area contributed by atoms with Crippen molar-refractivity contribution in [2.75, 3.05) is 18.6 Å². The van der Waals surface area contributed by atoms with E-state index in [1.54, 1.807) is 0 Å². The van der Waals surface area contributed by atoms with Crippen molar-refractivity contribution in [2.45, 2.75) is 20.4 Å². The third kappa shape index (κ3) is 6.19. The van der Waals surface area contributed by atoms with Gasteiger partial charge in [-0.25, -0.2) is 8.42 Å². The minimum absolute atomic E-state index is 0.0914. The number of oxazole rings is 1. The Hall–Kier alpha value is -2.68. The summed E-state index contributed by atoms with van der Waals surface area (Å²) < 4.78 is 40.1. The molecule has 0 radical (unpaired) electrons. The number of aromatic nitrogens is 1. The highest BCUT2D eigenvalue weighted by Crippen LogP contribution is 2.16. The van der Waals surface area contributed by atoms with Crippen molar-refractivity contribution in [3.63, 3.8) is 0 Å². The van der Waals surface area contributed by atoms with Crippen LogP contribution in [0.25, 0.3) is 17.2 Å². The average molecular weight is 404 g/mol. The van der Waals surface area contributed by atoms with Gasteiger partial charge >= 0.3 is 5.89 Å². The molecule has 0 aliphatic rings. The first-order valence-electron chi connectivity index (χ1n) is 8.83. The molecule has 28 heavy (non-hydrogen) atoms. The van der Waals surface area contributed by atoms with Crippen LogP contribution in [0.4, 0.5) is 5.69 Å². The lowest BCUT2D eigenvalue weighted by molar-refractivity contribution is -0.674. The van der Waals surface area contributed by atoms with E-state index < -0.39 is 10.4 Å². The van der Waals surface area contributed by atoms with Crippen molar-refractivity contribution >= 4 is 33.3 Å². The van der Waals surface area contributed by atoms with E-state index in [0.29, 0.717) is 0 Å². The molecular formula is C20H24N2O5S. The van der Waals surface area contributed by atoms with E-state index in [4.69, 9.17) is 4.42 Å². The fourth-order valence-corrected chi connectivity index (χ4v) is 2.86. The zero-order valence-electron chi connectivity index (χ0n) is 16.1. The molecule has 0 saturated carbocycles. The number of fused-ring (bicyclic) bond motifs is 1. The molecule has 3 rings (SSSR count). The predicted molar refractivity (Wildman–Crippen MR) is 107 cm³/mol. The lowest BCUT2D eigenvalue weighted by Gasteiger charge is -2.12. The smallest absolute Gasteiger partial charge is 0.375 e. The van der Waals surface area contributed by atoms with Crippen LogP contribution in [0.1, 0.15) is 19.7 Å². The maximum atomic E-state index is 9.45. The van der Waals surface area contributed by atoms with Crippen LogP contribution in [0.3, 0.4) is 0 Å². The van der Waals surface area contributed by atoms with Crippen LogP contribution in [-0.4, -0.2) is 26.6 Å². The number of para-hydroxylation sites is 3. The fraction of sp³-hybridized carbons (Fsp3) is 0.250. The topological polar surface area (TPSA) is 86.7 Å². The third-order valence-corrected chi connectivity index (χ3v) is 4.34. The Morgan fingerprint density at radius 2 is 1.75 bits per heavy atom. The number of rotatable bonds is 6. The minimum atomic E-state index is -4.42. The molecule has 0 spiro atoms. The lowest BCUT2D eigenvalue weighted by Crippen LogP contribution is -2.33. The van der Waals surface area contributed by atoms with E-state index in [1.165, 1.54) is 6.92 Å². The van der Waals surface area contributed by atoms with Gasteiger partial charge in [-0.2, -0.15) is 4.57 Å². The van der Waals surface area contributed by atoms with E-state index in [0.717, 1.165) is 29.2 Å². The SMILES string of the molecule is CCOS(=O)(=O)[O-].CC[n+]1c(/C=C/N(C)c2ccccc2)oc2ccccc21.